The van der Waals surface area contributed by atoms with Crippen LogP contribution in [0.25, 0.3) is 0 Å². The molecule has 10 heavy (non-hydrogen) atoms. The Kier molecular flexibility index (Phi) is 2.08. The molecule has 0 saturated carbocycles. The number of hydrogen-bond acceptors (Lipinski definition) is 4. The minimum absolute atomic E-state index is 0.362. The van der Waals surface area contributed by atoms with Gasteiger partial charge in [0.15, 0.2) is 0 Å². The molecule has 0 atom stereocenters. The van der Waals surface area contributed by atoms with Gasteiger partial charge in [0.2, 0.25) is 0 Å². The van der Waals surface area contributed by atoms with Crippen molar-refractivity contribution in [2.45, 2.75) is 11.9 Å². The number of H-pyrrole nitrogens is 1. The quantitative estimate of drug-likeness (QED) is 0.446. The van der Waals surface area contributed by atoms with E-state index in [1.165, 1.54) is 6.20 Å². The van der Waals surface area contributed by atoms with Crippen molar-refractivity contribution in [1.29, 1.82) is 0 Å². The summed E-state index contributed by atoms with van der Waals surface area (Å²) in [5.74, 6) is 0. The average molecular weight is 157 g/mol. The number of nitrogens with one attached hydrogen (secondary N) is 1. The molecule has 0 fully saturated rings. The van der Waals surface area contributed by atoms with Gasteiger partial charge in [-0.05, 0) is 24.4 Å². The lowest BCUT2D eigenvalue weighted by molar-refractivity contribution is 0.947. The van der Waals surface area contributed by atoms with Crippen molar-refractivity contribution in [3.8, 4) is 0 Å². The monoisotopic (exact) mass is 157 g/mol. The van der Waals surface area contributed by atoms with Crippen LogP contribution in [0.5, 0.6) is 0 Å². The van der Waals surface area contributed by atoms with Gasteiger partial charge in [0.1, 0.15) is 0 Å². The van der Waals surface area contributed by atoms with Crippen LogP contribution in [-0.2, 0) is 0 Å². The summed E-state index contributed by atoms with van der Waals surface area (Å²) in [6.45, 7) is 1.83. The van der Waals surface area contributed by atoms with Gasteiger partial charge in [-0.25, -0.2) is 9.78 Å². The maximum atomic E-state index is 10.6. The van der Waals surface area contributed by atoms with Crippen LogP contribution in [0.2, 0.25) is 0 Å². The first-order valence-corrected chi connectivity index (χ1v) is 3.54. The van der Waals surface area contributed by atoms with Gasteiger partial charge in [0, 0.05) is 6.20 Å². The van der Waals surface area contributed by atoms with Crippen LogP contribution in [-0.4, -0.2) is 9.97 Å². The summed E-state index contributed by atoms with van der Waals surface area (Å²) in [6.07, 6.45) is 1.49. The Labute approximate surface area is 62.0 Å². The van der Waals surface area contributed by atoms with Gasteiger partial charge in [-0.2, -0.15) is 0 Å². The molecule has 1 aromatic heterocycles. The van der Waals surface area contributed by atoms with Gasteiger partial charge in [-0.15, -0.1) is 0 Å². The fraction of sp³-hybridized carbons (Fsp3) is 0.200. The van der Waals surface area contributed by atoms with Crippen LogP contribution in [0, 0.1) is 6.92 Å². The molecule has 0 radical (unpaired) electrons. The van der Waals surface area contributed by atoms with Crippen molar-refractivity contribution in [3.05, 3.63) is 22.2 Å². The minimum atomic E-state index is -0.362. The Balaban J connectivity index is 3.22. The van der Waals surface area contributed by atoms with E-state index in [1.54, 1.807) is 0 Å². The molecule has 0 aromatic carbocycles. The SMILES string of the molecule is Cc1cnc(=O)[nH]c1SN. The summed E-state index contributed by atoms with van der Waals surface area (Å²) >= 11 is 1.01. The Bertz CT molecular complexity index is 282. The highest BCUT2D eigenvalue weighted by Gasteiger charge is 1.96. The highest BCUT2D eigenvalue weighted by molar-refractivity contribution is 7.97. The van der Waals surface area contributed by atoms with Crippen molar-refractivity contribution in [2.24, 2.45) is 5.14 Å². The molecule has 0 saturated heterocycles. The fourth-order valence-electron chi connectivity index (χ4n) is 0.564. The first-order chi connectivity index (χ1) is 4.74. The molecule has 0 unspecified atom stereocenters. The van der Waals surface area contributed by atoms with Crippen LogP contribution in [0.1, 0.15) is 5.56 Å². The lowest BCUT2D eigenvalue weighted by atomic mass is 10.4. The third-order valence-corrected chi connectivity index (χ3v) is 1.73. The van der Waals surface area contributed by atoms with Gasteiger partial charge in [0.05, 0.1) is 5.03 Å². The zero-order chi connectivity index (χ0) is 7.56. The molecule has 3 N–H and O–H groups in total. The number of aryl methyl sites for hydroxylation is 1. The number of hydrogen-bond donors (Lipinski definition) is 2. The molecule has 1 heterocycles. The summed E-state index contributed by atoms with van der Waals surface area (Å²) in [6, 6.07) is 0. The van der Waals surface area contributed by atoms with Crippen molar-refractivity contribution in [1.82, 2.24) is 9.97 Å². The van der Waals surface area contributed by atoms with E-state index in [9.17, 15) is 4.79 Å². The zero-order valence-corrected chi connectivity index (χ0v) is 6.23. The highest BCUT2D eigenvalue weighted by atomic mass is 32.2. The van der Waals surface area contributed by atoms with Crippen LogP contribution < -0.4 is 10.8 Å². The molecule has 4 nitrogen and oxygen atoms in total. The maximum absolute atomic E-state index is 10.6. The maximum Gasteiger partial charge on any atom is 0.345 e. The summed E-state index contributed by atoms with van der Waals surface area (Å²) in [4.78, 5) is 16.6. The summed E-state index contributed by atoms with van der Waals surface area (Å²) < 4.78 is 0. The van der Waals surface area contributed by atoms with Gasteiger partial charge >= 0.3 is 5.69 Å². The molecule has 0 aliphatic rings. The molecule has 1 aromatic rings. The van der Waals surface area contributed by atoms with Gasteiger partial charge in [-0.3, -0.25) is 10.1 Å². The van der Waals surface area contributed by atoms with Crippen molar-refractivity contribution < 1.29 is 0 Å². The topological polar surface area (TPSA) is 71.8 Å². The third-order valence-electron chi connectivity index (χ3n) is 1.07. The van der Waals surface area contributed by atoms with E-state index in [0.29, 0.717) is 5.03 Å². The Morgan fingerprint density at radius 3 is 3.00 bits per heavy atom. The van der Waals surface area contributed by atoms with E-state index < -0.39 is 0 Å². The van der Waals surface area contributed by atoms with E-state index >= 15 is 0 Å². The molecule has 0 spiro atoms. The molecule has 54 valence electrons. The fourth-order valence-corrected chi connectivity index (χ4v) is 0.949. The average Bonchev–Trinajstić information content (AvgIpc) is 1.94. The number of aromatic amines is 1. The van der Waals surface area contributed by atoms with Gasteiger partial charge in [0.25, 0.3) is 0 Å². The van der Waals surface area contributed by atoms with E-state index in [-0.39, 0.29) is 5.69 Å². The zero-order valence-electron chi connectivity index (χ0n) is 5.42. The lowest BCUT2D eigenvalue weighted by Gasteiger charge is -1.96. The minimum Gasteiger partial charge on any atom is -0.299 e. The number of aromatic nitrogens is 2. The standard InChI is InChI=1S/C5H7N3OS/c1-3-2-7-5(9)8-4(3)10-6/h2H,6H2,1H3,(H,7,8,9). The Morgan fingerprint density at radius 1 is 1.80 bits per heavy atom. The Hall–Kier alpha value is -0.810. The van der Waals surface area contributed by atoms with Gasteiger partial charge < -0.3 is 0 Å². The predicted octanol–water partition coefficient (Wildman–Crippen LogP) is 0.0441. The van der Waals surface area contributed by atoms with Crippen LogP contribution >= 0.6 is 11.9 Å². The summed E-state index contributed by atoms with van der Waals surface area (Å²) in [5, 5.41) is 5.90. The Morgan fingerprint density at radius 2 is 2.50 bits per heavy atom. The first kappa shape index (κ1) is 7.30. The van der Waals surface area contributed by atoms with Crippen LogP contribution in [0.15, 0.2) is 16.0 Å². The van der Waals surface area contributed by atoms with Gasteiger partial charge in [-0.1, -0.05) is 0 Å². The summed E-state index contributed by atoms with van der Waals surface area (Å²) in [7, 11) is 0. The van der Waals surface area contributed by atoms with Crippen molar-refractivity contribution in [2.75, 3.05) is 0 Å². The molecule has 0 amide bonds. The van der Waals surface area contributed by atoms with E-state index in [4.69, 9.17) is 5.14 Å². The van der Waals surface area contributed by atoms with E-state index in [0.717, 1.165) is 17.5 Å². The van der Waals surface area contributed by atoms with Crippen LogP contribution in [0.3, 0.4) is 0 Å². The van der Waals surface area contributed by atoms with Crippen molar-refractivity contribution >= 4 is 11.9 Å². The number of nitrogens with two attached hydrogens (primary N) is 1. The second-order valence-corrected chi connectivity index (χ2v) is 2.46. The van der Waals surface area contributed by atoms with E-state index in [1.807, 2.05) is 6.92 Å². The smallest absolute Gasteiger partial charge is 0.299 e. The summed E-state index contributed by atoms with van der Waals surface area (Å²) in [5.41, 5.74) is 0.519. The van der Waals surface area contributed by atoms with Crippen LogP contribution in [0.4, 0.5) is 0 Å². The third kappa shape index (κ3) is 1.37. The normalized spacial score (nSPS) is 9.80. The molecule has 0 aliphatic carbocycles. The largest absolute Gasteiger partial charge is 0.345 e. The second kappa shape index (κ2) is 2.85. The van der Waals surface area contributed by atoms with E-state index in [2.05, 4.69) is 9.97 Å². The highest BCUT2D eigenvalue weighted by Crippen LogP contribution is 2.09. The second-order valence-electron chi connectivity index (χ2n) is 1.82. The molecular weight excluding hydrogens is 150 g/mol. The molecule has 1 rings (SSSR count). The molecule has 5 heteroatoms. The van der Waals surface area contributed by atoms with Crippen molar-refractivity contribution in [3.63, 3.8) is 0 Å². The predicted molar refractivity (Wildman–Crippen MR) is 39.6 cm³/mol. The number of nitrogens with zero attached hydrogens (tertiary/aromatic N) is 1. The molecule has 0 aliphatic heterocycles. The lowest BCUT2D eigenvalue weighted by Crippen LogP contribution is -2.11. The molecular formula is C5H7N3OS. The first-order valence-electron chi connectivity index (χ1n) is 2.66. The number of rotatable bonds is 1. The molecule has 0 bridgehead atoms.